The number of hydrogen-bond acceptors (Lipinski definition) is 1. The summed E-state index contributed by atoms with van der Waals surface area (Å²) < 4.78 is 0. The van der Waals surface area contributed by atoms with Crippen molar-refractivity contribution in [1.82, 2.24) is 0 Å². The van der Waals surface area contributed by atoms with Crippen molar-refractivity contribution in [1.29, 1.82) is 0 Å². The Hall–Kier alpha value is -0.980. The molecule has 0 heterocycles. The first kappa shape index (κ1) is 10.0. The normalized spacial score (nSPS) is 13.3. The first-order chi connectivity index (χ1) is 5.26. The van der Waals surface area contributed by atoms with Gasteiger partial charge in [-0.05, 0) is 25.0 Å². The summed E-state index contributed by atoms with van der Waals surface area (Å²) in [5, 5.41) is 9.29. The number of hydrogen-bond donors (Lipinski definition) is 1. The third-order valence-corrected chi connectivity index (χ3v) is 1.41. The van der Waals surface area contributed by atoms with Crippen LogP contribution in [0, 0.1) is 0 Å². The summed E-state index contributed by atoms with van der Waals surface area (Å²) in [6.45, 7) is 7.52. The standard InChI is InChI=1S/C10H16O/c1-4-7-9(8-5-2)10(11)6-3/h4,6-7,11H,3,5,8H2,1-2H3/b7-4-,10-9-. The van der Waals surface area contributed by atoms with E-state index in [4.69, 9.17) is 0 Å². The van der Waals surface area contributed by atoms with Gasteiger partial charge in [0.2, 0.25) is 0 Å². The van der Waals surface area contributed by atoms with Gasteiger partial charge in [-0.1, -0.05) is 32.1 Å². The summed E-state index contributed by atoms with van der Waals surface area (Å²) in [7, 11) is 0. The molecule has 1 heteroatoms. The van der Waals surface area contributed by atoms with Crippen LogP contribution in [0.15, 0.2) is 36.1 Å². The van der Waals surface area contributed by atoms with Crippen molar-refractivity contribution in [2.75, 3.05) is 0 Å². The highest BCUT2D eigenvalue weighted by atomic mass is 16.3. The van der Waals surface area contributed by atoms with Crippen LogP contribution in [0.3, 0.4) is 0 Å². The minimum absolute atomic E-state index is 0.296. The predicted octanol–water partition coefficient (Wildman–Crippen LogP) is 3.36. The molecular weight excluding hydrogens is 136 g/mol. The van der Waals surface area contributed by atoms with Crippen molar-refractivity contribution >= 4 is 0 Å². The fraction of sp³-hybridized carbons (Fsp3) is 0.400. The van der Waals surface area contributed by atoms with E-state index in [-0.39, 0.29) is 0 Å². The van der Waals surface area contributed by atoms with Crippen LogP contribution in [-0.4, -0.2) is 5.11 Å². The molecule has 1 nitrogen and oxygen atoms in total. The number of allylic oxidation sites excluding steroid dienone is 4. The van der Waals surface area contributed by atoms with Crippen molar-refractivity contribution in [3.05, 3.63) is 36.1 Å². The molecule has 0 saturated carbocycles. The Morgan fingerprint density at radius 3 is 2.55 bits per heavy atom. The van der Waals surface area contributed by atoms with E-state index in [0.29, 0.717) is 5.76 Å². The molecule has 0 aromatic rings. The van der Waals surface area contributed by atoms with Gasteiger partial charge in [0.15, 0.2) is 0 Å². The van der Waals surface area contributed by atoms with Gasteiger partial charge in [-0.3, -0.25) is 0 Å². The molecule has 0 radical (unpaired) electrons. The van der Waals surface area contributed by atoms with Gasteiger partial charge in [-0.2, -0.15) is 0 Å². The molecule has 0 aliphatic rings. The first-order valence-electron chi connectivity index (χ1n) is 3.93. The smallest absolute Gasteiger partial charge is 0.118 e. The Kier molecular flexibility index (Phi) is 5.26. The minimum atomic E-state index is 0.296. The van der Waals surface area contributed by atoms with E-state index in [1.165, 1.54) is 6.08 Å². The number of rotatable bonds is 4. The fourth-order valence-corrected chi connectivity index (χ4v) is 0.898. The maximum Gasteiger partial charge on any atom is 0.118 e. The monoisotopic (exact) mass is 152 g/mol. The molecule has 0 fully saturated rings. The summed E-state index contributed by atoms with van der Waals surface area (Å²) in [6.07, 6.45) is 7.26. The summed E-state index contributed by atoms with van der Waals surface area (Å²) in [4.78, 5) is 0. The lowest BCUT2D eigenvalue weighted by Crippen LogP contribution is -1.84. The summed E-state index contributed by atoms with van der Waals surface area (Å²) in [5.41, 5.74) is 0.963. The average Bonchev–Trinajstić information content (AvgIpc) is 2.03. The highest BCUT2D eigenvalue weighted by Gasteiger charge is 1.95. The second kappa shape index (κ2) is 5.78. The Labute approximate surface area is 68.7 Å². The zero-order valence-corrected chi connectivity index (χ0v) is 7.30. The van der Waals surface area contributed by atoms with E-state index in [0.717, 1.165) is 18.4 Å². The summed E-state index contributed by atoms with van der Waals surface area (Å²) in [6, 6.07) is 0. The molecular formula is C10H16O. The molecule has 0 unspecified atom stereocenters. The van der Waals surface area contributed by atoms with Crippen LogP contribution in [0.1, 0.15) is 26.7 Å². The van der Waals surface area contributed by atoms with Gasteiger partial charge in [0.05, 0.1) is 0 Å². The van der Waals surface area contributed by atoms with Gasteiger partial charge in [-0.25, -0.2) is 0 Å². The van der Waals surface area contributed by atoms with Crippen molar-refractivity contribution in [2.24, 2.45) is 0 Å². The SMILES string of the molecule is C=C/C(O)=C(\C=C/C)CCC. The zero-order chi connectivity index (χ0) is 8.69. The number of aliphatic hydroxyl groups is 1. The summed E-state index contributed by atoms with van der Waals surface area (Å²) >= 11 is 0. The Bertz CT molecular complexity index is 175. The second-order valence-corrected chi connectivity index (χ2v) is 2.36. The minimum Gasteiger partial charge on any atom is -0.508 e. The van der Waals surface area contributed by atoms with Crippen LogP contribution in [0.2, 0.25) is 0 Å². The quantitative estimate of drug-likeness (QED) is 0.483. The molecule has 0 bridgehead atoms. The molecule has 0 amide bonds. The van der Waals surface area contributed by atoms with Crippen LogP contribution in [0.25, 0.3) is 0 Å². The van der Waals surface area contributed by atoms with Crippen LogP contribution < -0.4 is 0 Å². The van der Waals surface area contributed by atoms with Gasteiger partial charge in [-0.15, -0.1) is 0 Å². The third kappa shape index (κ3) is 3.66. The molecule has 1 N–H and O–H groups in total. The van der Waals surface area contributed by atoms with Gasteiger partial charge < -0.3 is 5.11 Å². The van der Waals surface area contributed by atoms with E-state index in [9.17, 15) is 5.11 Å². The third-order valence-electron chi connectivity index (χ3n) is 1.41. The Morgan fingerprint density at radius 1 is 1.55 bits per heavy atom. The van der Waals surface area contributed by atoms with E-state index in [2.05, 4.69) is 13.5 Å². The Balaban J connectivity index is 4.42. The zero-order valence-electron chi connectivity index (χ0n) is 7.30. The van der Waals surface area contributed by atoms with Crippen LogP contribution in [-0.2, 0) is 0 Å². The predicted molar refractivity (Wildman–Crippen MR) is 49.6 cm³/mol. The van der Waals surface area contributed by atoms with Crippen LogP contribution >= 0.6 is 0 Å². The van der Waals surface area contributed by atoms with E-state index in [1.807, 2.05) is 19.1 Å². The molecule has 0 rings (SSSR count). The van der Waals surface area contributed by atoms with Gasteiger partial charge in [0.25, 0.3) is 0 Å². The molecule has 0 spiro atoms. The van der Waals surface area contributed by atoms with E-state index < -0.39 is 0 Å². The molecule has 0 saturated heterocycles. The maximum absolute atomic E-state index is 9.29. The highest BCUT2D eigenvalue weighted by molar-refractivity contribution is 5.26. The highest BCUT2D eigenvalue weighted by Crippen LogP contribution is 2.11. The first-order valence-corrected chi connectivity index (χ1v) is 3.93. The van der Waals surface area contributed by atoms with Crippen LogP contribution in [0.4, 0.5) is 0 Å². The van der Waals surface area contributed by atoms with Gasteiger partial charge >= 0.3 is 0 Å². The van der Waals surface area contributed by atoms with E-state index in [1.54, 1.807) is 0 Å². The van der Waals surface area contributed by atoms with Crippen molar-refractivity contribution in [3.8, 4) is 0 Å². The van der Waals surface area contributed by atoms with Gasteiger partial charge in [0, 0.05) is 0 Å². The van der Waals surface area contributed by atoms with Crippen molar-refractivity contribution < 1.29 is 5.11 Å². The lowest BCUT2D eigenvalue weighted by Gasteiger charge is -2.00. The summed E-state index contributed by atoms with van der Waals surface area (Å²) in [5.74, 6) is 0.296. The lowest BCUT2D eigenvalue weighted by molar-refractivity contribution is 0.425. The Morgan fingerprint density at radius 2 is 2.18 bits per heavy atom. The topological polar surface area (TPSA) is 20.2 Å². The molecule has 0 aliphatic carbocycles. The second-order valence-electron chi connectivity index (χ2n) is 2.36. The van der Waals surface area contributed by atoms with Gasteiger partial charge in [0.1, 0.15) is 5.76 Å². The average molecular weight is 152 g/mol. The molecule has 0 aliphatic heterocycles. The lowest BCUT2D eigenvalue weighted by atomic mass is 10.1. The number of aliphatic hydroxyl groups excluding tert-OH is 1. The molecule has 62 valence electrons. The largest absolute Gasteiger partial charge is 0.508 e. The van der Waals surface area contributed by atoms with Crippen molar-refractivity contribution in [3.63, 3.8) is 0 Å². The molecule has 0 atom stereocenters. The molecule has 0 aromatic heterocycles. The molecule has 11 heavy (non-hydrogen) atoms. The fourth-order valence-electron chi connectivity index (χ4n) is 0.898. The van der Waals surface area contributed by atoms with Crippen LogP contribution in [0.5, 0.6) is 0 Å². The molecule has 0 aromatic carbocycles. The maximum atomic E-state index is 9.29. The van der Waals surface area contributed by atoms with Crippen molar-refractivity contribution in [2.45, 2.75) is 26.7 Å². The van der Waals surface area contributed by atoms with E-state index >= 15 is 0 Å².